The number of hydrogen-bond acceptors (Lipinski definition) is 5. The van der Waals surface area contributed by atoms with E-state index in [1.807, 2.05) is 6.07 Å². The molecule has 1 aliphatic heterocycles. The molecule has 1 N–H and O–H groups in total. The molecule has 0 saturated carbocycles. The van der Waals surface area contributed by atoms with E-state index >= 15 is 0 Å². The van der Waals surface area contributed by atoms with E-state index in [0.29, 0.717) is 12.5 Å². The van der Waals surface area contributed by atoms with E-state index in [2.05, 4.69) is 34.0 Å². The molecule has 1 aliphatic rings. The molecule has 0 aromatic carbocycles. The summed E-state index contributed by atoms with van der Waals surface area (Å²) in [6.45, 7) is 9.32. The van der Waals surface area contributed by atoms with Gasteiger partial charge < -0.3 is 15.0 Å². The number of aromatic nitrogens is 2. The van der Waals surface area contributed by atoms with E-state index in [1.165, 1.54) is 12.8 Å². The van der Waals surface area contributed by atoms with Crippen LogP contribution in [0, 0.1) is 5.92 Å². The number of anilines is 1. The van der Waals surface area contributed by atoms with Crippen molar-refractivity contribution in [2.45, 2.75) is 39.5 Å². The lowest BCUT2D eigenvalue weighted by molar-refractivity contribution is 0.304. The lowest BCUT2D eigenvalue weighted by Gasteiger charge is -2.30. The molecule has 1 aromatic heterocycles. The summed E-state index contributed by atoms with van der Waals surface area (Å²) in [5.41, 5.74) is 0. The van der Waals surface area contributed by atoms with Gasteiger partial charge in [0.15, 0.2) is 0 Å². The van der Waals surface area contributed by atoms with E-state index in [4.69, 9.17) is 4.74 Å². The van der Waals surface area contributed by atoms with Gasteiger partial charge in [-0.05, 0) is 44.7 Å². The Morgan fingerprint density at radius 3 is 2.81 bits per heavy atom. The van der Waals surface area contributed by atoms with Gasteiger partial charge in [-0.3, -0.25) is 0 Å². The number of hydrogen-bond donors (Lipinski definition) is 1. The van der Waals surface area contributed by atoms with Crippen LogP contribution in [0.5, 0.6) is 5.88 Å². The van der Waals surface area contributed by atoms with Gasteiger partial charge in [-0.25, -0.2) is 4.98 Å². The summed E-state index contributed by atoms with van der Waals surface area (Å²) < 4.78 is 5.63. The molecule has 0 amide bonds. The number of piperidine rings is 1. The maximum Gasteiger partial charge on any atom is 0.228 e. The standard InChI is InChI=1S/C16H28N4O/c1-3-11-20(13-14-5-8-17-9-6-14)16-18-10-7-15(19-16)21-12-4-2/h7,10,14,17H,3-6,8-9,11-13H2,1-2H3. The van der Waals surface area contributed by atoms with Gasteiger partial charge >= 0.3 is 0 Å². The number of rotatable bonds is 8. The van der Waals surface area contributed by atoms with Gasteiger partial charge in [-0.1, -0.05) is 13.8 Å². The summed E-state index contributed by atoms with van der Waals surface area (Å²) in [6.07, 6.45) is 6.39. The highest BCUT2D eigenvalue weighted by molar-refractivity contribution is 5.32. The van der Waals surface area contributed by atoms with Gasteiger partial charge in [0.2, 0.25) is 11.8 Å². The van der Waals surface area contributed by atoms with Crippen molar-refractivity contribution in [2.24, 2.45) is 5.92 Å². The van der Waals surface area contributed by atoms with E-state index in [9.17, 15) is 0 Å². The summed E-state index contributed by atoms with van der Waals surface area (Å²) in [7, 11) is 0. The molecule has 1 saturated heterocycles. The molecule has 0 atom stereocenters. The van der Waals surface area contributed by atoms with Crippen LogP contribution in [-0.4, -0.2) is 42.8 Å². The normalized spacial score (nSPS) is 15.9. The number of ether oxygens (including phenoxy) is 1. The fourth-order valence-electron chi connectivity index (χ4n) is 2.69. The Labute approximate surface area is 128 Å². The molecule has 118 valence electrons. The molecule has 2 heterocycles. The third-order valence-electron chi connectivity index (χ3n) is 3.79. The second kappa shape index (κ2) is 8.82. The Kier molecular flexibility index (Phi) is 6.73. The van der Waals surface area contributed by atoms with Crippen LogP contribution < -0.4 is 15.0 Å². The van der Waals surface area contributed by atoms with Gasteiger partial charge in [0.1, 0.15) is 0 Å². The van der Waals surface area contributed by atoms with Crippen LogP contribution in [0.15, 0.2) is 12.3 Å². The lowest BCUT2D eigenvalue weighted by Crippen LogP contribution is -2.37. The summed E-state index contributed by atoms with van der Waals surface area (Å²) in [6, 6.07) is 1.84. The Hall–Kier alpha value is -1.36. The summed E-state index contributed by atoms with van der Waals surface area (Å²) in [5.74, 6) is 2.24. The third-order valence-corrected chi connectivity index (χ3v) is 3.79. The maximum atomic E-state index is 5.63. The van der Waals surface area contributed by atoms with Crippen molar-refractivity contribution in [3.05, 3.63) is 12.3 Å². The Morgan fingerprint density at radius 2 is 2.10 bits per heavy atom. The molecule has 0 bridgehead atoms. The first-order valence-electron chi connectivity index (χ1n) is 8.25. The first kappa shape index (κ1) is 16.0. The number of nitrogens with one attached hydrogen (secondary N) is 1. The van der Waals surface area contributed by atoms with Crippen molar-refractivity contribution in [1.82, 2.24) is 15.3 Å². The molecule has 2 rings (SSSR count). The zero-order valence-corrected chi connectivity index (χ0v) is 13.3. The van der Waals surface area contributed by atoms with Gasteiger partial charge in [-0.2, -0.15) is 4.98 Å². The molecule has 0 spiro atoms. The second-order valence-corrected chi connectivity index (χ2v) is 5.68. The summed E-state index contributed by atoms with van der Waals surface area (Å²) in [5, 5.41) is 3.42. The summed E-state index contributed by atoms with van der Waals surface area (Å²) in [4.78, 5) is 11.3. The predicted molar refractivity (Wildman–Crippen MR) is 85.9 cm³/mol. The average molecular weight is 292 g/mol. The minimum Gasteiger partial charge on any atom is -0.478 e. The van der Waals surface area contributed by atoms with Crippen LogP contribution >= 0.6 is 0 Å². The lowest BCUT2D eigenvalue weighted by atomic mass is 9.97. The molecule has 0 aliphatic carbocycles. The smallest absolute Gasteiger partial charge is 0.228 e. The maximum absolute atomic E-state index is 5.63. The molecule has 0 radical (unpaired) electrons. The third kappa shape index (κ3) is 5.16. The van der Waals surface area contributed by atoms with E-state index in [0.717, 1.165) is 50.9 Å². The largest absolute Gasteiger partial charge is 0.478 e. The van der Waals surface area contributed by atoms with E-state index in [1.54, 1.807) is 6.20 Å². The first-order chi connectivity index (χ1) is 10.3. The van der Waals surface area contributed by atoms with Crippen molar-refractivity contribution in [3.8, 4) is 5.88 Å². The highest BCUT2D eigenvalue weighted by Crippen LogP contribution is 2.19. The molecular formula is C16H28N4O. The fourth-order valence-corrected chi connectivity index (χ4v) is 2.69. The average Bonchev–Trinajstić information content (AvgIpc) is 2.54. The Bertz CT molecular complexity index is 407. The van der Waals surface area contributed by atoms with Crippen LogP contribution in [0.3, 0.4) is 0 Å². The number of nitrogens with zero attached hydrogens (tertiary/aromatic N) is 3. The minimum atomic E-state index is 0.688. The molecule has 0 unspecified atom stereocenters. The van der Waals surface area contributed by atoms with E-state index < -0.39 is 0 Å². The van der Waals surface area contributed by atoms with Crippen molar-refractivity contribution < 1.29 is 4.74 Å². The topological polar surface area (TPSA) is 50.3 Å². The molecule has 1 aromatic rings. The second-order valence-electron chi connectivity index (χ2n) is 5.68. The Balaban J connectivity index is 2.01. The van der Waals surface area contributed by atoms with Crippen LogP contribution in [0.1, 0.15) is 39.5 Å². The van der Waals surface area contributed by atoms with Crippen LogP contribution in [0.4, 0.5) is 5.95 Å². The quantitative estimate of drug-likeness (QED) is 0.797. The zero-order valence-electron chi connectivity index (χ0n) is 13.3. The molecule has 5 nitrogen and oxygen atoms in total. The van der Waals surface area contributed by atoms with Crippen molar-refractivity contribution in [3.63, 3.8) is 0 Å². The molecular weight excluding hydrogens is 264 g/mol. The highest BCUT2D eigenvalue weighted by atomic mass is 16.5. The fraction of sp³-hybridized carbons (Fsp3) is 0.750. The monoisotopic (exact) mass is 292 g/mol. The van der Waals surface area contributed by atoms with E-state index in [-0.39, 0.29) is 0 Å². The SMILES string of the molecule is CCCOc1ccnc(N(CCC)CC2CCNCC2)n1. The van der Waals surface area contributed by atoms with Crippen molar-refractivity contribution in [2.75, 3.05) is 37.7 Å². The predicted octanol–water partition coefficient (Wildman–Crippen LogP) is 2.48. The van der Waals surface area contributed by atoms with Crippen LogP contribution in [-0.2, 0) is 0 Å². The van der Waals surface area contributed by atoms with Gasteiger partial charge in [-0.15, -0.1) is 0 Å². The van der Waals surface area contributed by atoms with Crippen LogP contribution in [0.25, 0.3) is 0 Å². The van der Waals surface area contributed by atoms with Gasteiger partial charge in [0, 0.05) is 25.4 Å². The van der Waals surface area contributed by atoms with Crippen LogP contribution in [0.2, 0.25) is 0 Å². The zero-order chi connectivity index (χ0) is 14.9. The van der Waals surface area contributed by atoms with Gasteiger partial charge in [0.25, 0.3) is 0 Å². The summed E-state index contributed by atoms with van der Waals surface area (Å²) >= 11 is 0. The molecule has 21 heavy (non-hydrogen) atoms. The van der Waals surface area contributed by atoms with Crippen molar-refractivity contribution >= 4 is 5.95 Å². The Morgan fingerprint density at radius 1 is 1.29 bits per heavy atom. The first-order valence-corrected chi connectivity index (χ1v) is 8.25. The highest BCUT2D eigenvalue weighted by Gasteiger charge is 2.18. The van der Waals surface area contributed by atoms with Crippen molar-refractivity contribution in [1.29, 1.82) is 0 Å². The minimum absolute atomic E-state index is 0.688. The molecule has 1 fully saturated rings. The molecule has 5 heteroatoms. The van der Waals surface area contributed by atoms with Gasteiger partial charge in [0.05, 0.1) is 6.61 Å².